The zero-order chi connectivity index (χ0) is 19.3. The maximum atomic E-state index is 12.9. The van der Waals surface area contributed by atoms with E-state index >= 15 is 0 Å². The first-order valence-corrected chi connectivity index (χ1v) is 9.92. The van der Waals surface area contributed by atoms with E-state index in [0.29, 0.717) is 41.7 Å². The van der Waals surface area contributed by atoms with Gasteiger partial charge in [-0.05, 0) is 42.7 Å². The number of carboxylic acid groups (broad SMARTS) is 1. The lowest BCUT2D eigenvalue weighted by Crippen LogP contribution is -2.38. The second-order valence-corrected chi connectivity index (χ2v) is 8.46. The molecule has 27 heavy (non-hydrogen) atoms. The van der Waals surface area contributed by atoms with Gasteiger partial charge in [0.25, 0.3) is 5.56 Å². The van der Waals surface area contributed by atoms with Gasteiger partial charge >= 0.3 is 5.97 Å². The summed E-state index contributed by atoms with van der Waals surface area (Å²) in [5, 5.41) is 10.2. The highest BCUT2D eigenvalue weighted by molar-refractivity contribution is 7.14. The van der Waals surface area contributed by atoms with Crippen molar-refractivity contribution in [2.24, 2.45) is 5.92 Å². The Morgan fingerprint density at radius 1 is 1.33 bits per heavy atom. The van der Waals surface area contributed by atoms with Crippen molar-refractivity contribution in [3.8, 4) is 5.13 Å². The zero-order valence-electron chi connectivity index (χ0n) is 15.3. The van der Waals surface area contributed by atoms with E-state index in [2.05, 4.69) is 11.9 Å². The number of aryl methyl sites for hydroxylation is 1. The van der Waals surface area contributed by atoms with Crippen molar-refractivity contribution in [2.45, 2.75) is 46.1 Å². The van der Waals surface area contributed by atoms with E-state index in [-0.39, 0.29) is 11.5 Å². The summed E-state index contributed by atoms with van der Waals surface area (Å²) >= 11 is 1.46. The molecule has 2 aromatic rings. The van der Waals surface area contributed by atoms with Crippen molar-refractivity contribution in [2.75, 3.05) is 6.54 Å². The fraction of sp³-hybridized carbons (Fsp3) is 0.474. The Hall–Kier alpha value is -2.48. The monoisotopic (exact) mass is 387 g/mol. The summed E-state index contributed by atoms with van der Waals surface area (Å²) in [4.78, 5) is 44.0. The van der Waals surface area contributed by atoms with Gasteiger partial charge in [0.05, 0.1) is 5.69 Å². The van der Waals surface area contributed by atoms with Crippen molar-refractivity contribution in [1.82, 2.24) is 14.5 Å². The summed E-state index contributed by atoms with van der Waals surface area (Å²) in [6.07, 6.45) is 4.95. The molecular formula is C19H21N3O4S. The van der Waals surface area contributed by atoms with Gasteiger partial charge in [-0.25, -0.2) is 9.78 Å². The quantitative estimate of drug-likeness (QED) is 0.851. The predicted octanol–water partition coefficient (Wildman–Crippen LogP) is 2.02. The number of hydrogen-bond acceptors (Lipinski definition) is 5. The number of hydrogen-bond donors (Lipinski definition) is 1. The first kappa shape index (κ1) is 17.9. The summed E-state index contributed by atoms with van der Waals surface area (Å²) in [5.74, 6) is -0.699. The van der Waals surface area contributed by atoms with Crippen molar-refractivity contribution >= 4 is 23.2 Å². The standard InChI is InChI=1S/C19H21N3O4S/c1-10-3-4-14-15(7-10)27-19(20-14)22-9-12-8-21(11(2)23)6-5-13(12)16(17(22)24)18(25)26/h9-10H,3-8H2,1-2H3,(H,25,26). The van der Waals surface area contributed by atoms with Crippen molar-refractivity contribution in [1.29, 1.82) is 0 Å². The number of aromatic carboxylic acids is 1. The number of carbonyl (C=O) groups is 2. The fourth-order valence-electron chi connectivity index (χ4n) is 3.92. The van der Waals surface area contributed by atoms with E-state index in [1.54, 1.807) is 11.1 Å². The van der Waals surface area contributed by atoms with Gasteiger partial charge in [-0.15, -0.1) is 11.3 Å². The second-order valence-electron chi connectivity index (χ2n) is 7.39. The van der Waals surface area contributed by atoms with Crippen LogP contribution in [-0.4, -0.2) is 38.0 Å². The van der Waals surface area contributed by atoms with Crippen LogP contribution in [0.5, 0.6) is 0 Å². The van der Waals surface area contributed by atoms with Crippen molar-refractivity contribution in [3.63, 3.8) is 0 Å². The van der Waals surface area contributed by atoms with Crippen LogP contribution in [0.4, 0.5) is 0 Å². The lowest BCUT2D eigenvalue weighted by molar-refractivity contribution is -0.129. The number of rotatable bonds is 2. The Labute approximate surface area is 160 Å². The van der Waals surface area contributed by atoms with Crippen LogP contribution >= 0.6 is 11.3 Å². The largest absolute Gasteiger partial charge is 0.477 e. The van der Waals surface area contributed by atoms with Gasteiger partial charge in [0.15, 0.2) is 5.13 Å². The Kier molecular flexibility index (Phi) is 4.38. The van der Waals surface area contributed by atoms with Crippen LogP contribution in [0.2, 0.25) is 0 Å². The normalized spacial score (nSPS) is 18.7. The van der Waals surface area contributed by atoms with Crippen LogP contribution in [0.15, 0.2) is 11.0 Å². The highest BCUT2D eigenvalue weighted by Gasteiger charge is 2.28. The average molecular weight is 387 g/mol. The first-order chi connectivity index (χ1) is 12.8. The summed E-state index contributed by atoms with van der Waals surface area (Å²) in [6.45, 7) is 4.43. The molecule has 8 heteroatoms. The number of pyridine rings is 1. The molecule has 4 rings (SSSR count). The Bertz CT molecular complexity index is 1010. The highest BCUT2D eigenvalue weighted by atomic mass is 32.1. The van der Waals surface area contributed by atoms with Gasteiger partial charge in [-0.1, -0.05) is 6.92 Å². The summed E-state index contributed by atoms with van der Waals surface area (Å²) in [5.41, 5.74) is 1.51. The smallest absolute Gasteiger partial charge is 0.341 e. The number of amides is 1. The van der Waals surface area contributed by atoms with Gasteiger partial charge in [-0.3, -0.25) is 14.2 Å². The van der Waals surface area contributed by atoms with Crippen LogP contribution in [0, 0.1) is 5.92 Å². The number of carbonyl (C=O) groups excluding carboxylic acids is 1. The molecule has 1 amide bonds. The van der Waals surface area contributed by atoms with Gasteiger partial charge in [0.1, 0.15) is 5.56 Å². The van der Waals surface area contributed by atoms with Crippen molar-refractivity contribution in [3.05, 3.63) is 43.8 Å². The van der Waals surface area contributed by atoms with Crippen LogP contribution in [-0.2, 0) is 30.6 Å². The minimum Gasteiger partial charge on any atom is -0.477 e. The summed E-state index contributed by atoms with van der Waals surface area (Å²) in [7, 11) is 0. The maximum Gasteiger partial charge on any atom is 0.341 e. The number of aromatic nitrogens is 2. The molecule has 1 aliphatic carbocycles. The van der Waals surface area contributed by atoms with Gasteiger partial charge in [0, 0.05) is 31.1 Å². The van der Waals surface area contributed by atoms with Gasteiger partial charge in [0.2, 0.25) is 5.91 Å². The Morgan fingerprint density at radius 3 is 2.81 bits per heavy atom. The number of carboxylic acids is 1. The Balaban J connectivity index is 1.86. The summed E-state index contributed by atoms with van der Waals surface area (Å²) in [6, 6.07) is 0. The molecule has 0 fully saturated rings. The third kappa shape index (κ3) is 3.07. The molecule has 2 aliphatic rings. The van der Waals surface area contributed by atoms with Gasteiger partial charge < -0.3 is 10.0 Å². The van der Waals surface area contributed by atoms with Crippen LogP contribution in [0.25, 0.3) is 5.13 Å². The van der Waals surface area contributed by atoms with E-state index in [1.807, 2.05) is 0 Å². The molecule has 7 nitrogen and oxygen atoms in total. The maximum absolute atomic E-state index is 12.9. The molecule has 3 heterocycles. The highest BCUT2D eigenvalue weighted by Crippen LogP contribution is 2.31. The Morgan fingerprint density at radius 2 is 2.11 bits per heavy atom. The van der Waals surface area contributed by atoms with E-state index in [9.17, 15) is 19.5 Å². The minimum absolute atomic E-state index is 0.0611. The average Bonchev–Trinajstić information content (AvgIpc) is 3.03. The molecule has 0 aromatic carbocycles. The lowest BCUT2D eigenvalue weighted by Gasteiger charge is -2.29. The molecule has 2 aromatic heterocycles. The zero-order valence-corrected chi connectivity index (χ0v) is 16.1. The molecule has 142 valence electrons. The number of fused-ring (bicyclic) bond motifs is 2. The van der Waals surface area contributed by atoms with Crippen LogP contribution in [0.1, 0.15) is 52.3 Å². The number of nitrogens with zero attached hydrogens (tertiary/aromatic N) is 3. The predicted molar refractivity (Wildman–Crippen MR) is 101 cm³/mol. The molecule has 0 saturated carbocycles. The van der Waals surface area contributed by atoms with Crippen LogP contribution in [0.3, 0.4) is 0 Å². The van der Waals surface area contributed by atoms with Crippen LogP contribution < -0.4 is 5.56 Å². The third-order valence-corrected chi connectivity index (χ3v) is 6.56. The topological polar surface area (TPSA) is 92.5 Å². The molecule has 0 saturated heterocycles. The molecule has 0 radical (unpaired) electrons. The van der Waals surface area contributed by atoms with E-state index in [4.69, 9.17) is 0 Å². The lowest BCUT2D eigenvalue weighted by atomic mass is 9.93. The second kappa shape index (κ2) is 6.60. The molecule has 1 aliphatic heterocycles. The van der Waals surface area contributed by atoms with Crippen molar-refractivity contribution < 1.29 is 14.7 Å². The molecule has 1 unspecified atom stereocenters. The molecular weight excluding hydrogens is 366 g/mol. The minimum atomic E-state index is -1.23. The van der Waals surface area contributed by atoms with E-state index in [1.165, 1.54) is 27.7 Å². The molecule has 0 spiro atoms. The summed E-state index contributed by atoms with van der Waals surface area (Å²) < 4.78 is 1.36. The van der Waals surface area contributed by atoms with E-state index in [0.717, 1.165) is 25.0 Å². The third-order valence-electron chi connectivity index (χ3n) is 5.44. The molecule has 0 bridgehead atoms. The fourth-order valence-corrected chi connectivity index (χ4v) is 5.16. The van der Waals surface area contributed by atoms with Gasteiger partial charge in [-0.2, -0.15) is 0 Å². The van der Waals surface area contributed by atoms with E-state index < -0.39 is 11.5 Å². The molecule has 1 N–H and O–H groups in total. The first-order valence-electron chi connectivity index (χ1n) is 9.10. The number of thiazole rings is 1. The SMILES string of the molecule is CC(=O)N1CCc2c(cn(-c3nc4c(s3)CC(C)CC4)c(=O)c2C(=O)O)C1. The molecule has 1 atom stereocenters.